The number of ether oxygens (including phenoxy) is 1. The largest absolute Gasteiger partial charge is 0.497 e. The first-order valence-corrected chi connectivity index (χ1v) is 5.56. The molecule has 1 rings (SSSR count). The van der Waals surface area contributed by atoms with Gasteiger partial charge in [0, 0.05) is 6.54 Å². The van der Waals surface area contributed by atoms with Gasteiger partial charge in [0.25, 0.3) is 0 Å². The molecule has 0 aromatic heterocycles. The first-order valence-electron chi connectivity index (χ1n) is 5.56. The van der Waals surface area contributed by atoms with Gasteiger partial charge in [-0.15, -0.1) is 0 Å². The molecule has 0 fully saturated rings. The van der Waals surface area contributed by atoms with E-state index in [2.05, 4.69) is 5.32 Å². The second kappa shape index (κ2) is 5.32. The van der Waals surface area contributed by atoms with Crippen molar-refractivity contribution >= 4 is 0 Å². The highest BCUT2D eigenvalue weighted by Gasteiger charge is 2.32. The maximum absolute atomic E-state index is 10.6. The molecule has 1 aromatic carbocycles. The van der Waals surface area contributed by atoms with E-state index in [0.717, 1.165) is 11.3 Å². The quantitative estimate of drug-likeness (QED) is 0.799. The van der Waals surface area contributed by atoms with E-state index in [1.54, 1.807) is 7.11 Å². The van der Waals surface area contributed by atoms with Gasteiger partial charge < -0.3 is 15.2 Å². The van der Waals surface area contributed by atoms with Crippen LogP contribution in [0, 0.1) is 5.92 Å². The van der Waals surface area contributed by atoms with Crippen molar-refractivity contribution in [1.82, 2.24) is 5.32 Å². The minimum absolute atomic E-state index is 0.147. The van der Waals surface area contributed by atoms with Gasteiger partial charge in [-0.3, -0.25) is 0 Å². The number of benzene rings is 1. The Kier molecular flexibility index (Phi) is 4.33. The molecule has 0 heterocycles. The smallest absolute Gasteiger partial charge is 0.118 e. The minimum atomic E-state index is -0.832. The molecule has 0 bridgehead atoms. The van der Waals surface area contributed by atoms with Crippen molar-refractivity contribution in [3.8, 4) is 5.75 Å². The SMILES string of the molecule is CNCC(O)(c1ccc(OC)cc1)C(C)C. The summed E-state index contributed by atoms with van der Waals surface area (Å²) >= 11 is 0. The Balaban J connectivity index is 3.01. The second-order valence-corrected chi connectivity index (χ2v) is 4.34. The zero-order valence-corrected chi connectivity index (χ0v) is 10.4. The van der Waals surface area contributed by atoms with Crippen LogP contribution < -0.4 is 10.1 Å². The van der Waals surface area contributed by atoms with Crippen molar-refractivity contribution in [3.05, 3.63) is 29.8 Å². The Morgan fingerprint density at radius 1 is 1.31 bits per heavy atom. The van der Waals surface area contributed by atoms with Crippen LogP contribution in [0.15, 0.2) is 24.3 Å². The monoisotopic (exact) mass is 223 g/mol. The number of aliphatic hydroxyl groups is 1. The molecule has 0 aliphatic rings. The topological polar surface area (TPSA) is 41.5 Å². The molecule has 1 atom stereocenters. The maximum Gasteiger partial charge on any atom is 0.118 e. The molecule has 0 aliphatic carbocycles. The van der Waals surface area contributed by atoms with Crippen molar-refractivity contribution in [3.63, 3.8) is 0 Å². The average molecular weight is 223 g/mol. The molecule has 2 N–H and O–H groups in total. The Morgan fingerprint density at radius 3 is 2.25 bits per heavy atom. The Labute approximate surface area is 97.4 Å². The van der Waals surface area contributed by atoms with Crippen molar-refractivity contribution in [1.29, 1.82) is 0 Å². The number of hydrogen-bond donors (Lipinski definition) is 2. The van der Waals surface area contributed by atoms with E-state index in [0.29, 0.717) is 6.54 Å². The van der Waals surface area contributed by atoms with Gasteiger partial charge in [0.15, 0.2) is 0 Å². The van der Waals surface area contributed by atoms with Crippen LogP contribution in [0.1, 0.15) is 19.4 Å². The van der Waals surface area contributed by atoms with Crippen LogP contribution >= 0.6 is 0 Å². The standard InChI is InChI=1S/C13H21NO2/c1-10(2)13(15,9-14-3)11-5-7-12(16-4)8-6-11/h5-8,10,14-15H,9H2,1-4H3. The van der Waals surface area contributed by atoms with Crippen molar-refractivity contribution < 1.29 is 9.84 Å². The summed E-state index contributed by atoms with van der Waals surface area (Å²) < 4.78 is 5.11. The van der Waals surface area contributed by atoms with E-state index in [1.165, 1.54) is 0 Å². The summed E-state index contributed by atoms with van der Waals surface area (Å²) in [5.74, 6) is 0.952. The summed E-state index contributed by atoms with van der Waals surface area (Å²) in [4.78, 5) is 0. The van der Waals surface area contributed by atoms with Gasteiger partial charge >= 0.3 is 0 Å². The van der Waals surface area contributed by atoms with Gasteiger partial charge in [-0.2, -0.15) is 0 Å². The Bertz CT molecular complexity index is 321. The zero-order valence-electron chi connectivity index (χ0n) is 10.4. The van der Waals surface area contributed by atoms with Crippen LogP contribution in [0.4, 0.5) is 0 Å². The minimum Gasteiger partial charge on any atom is -0.497 e. The van der Waals surface area contributed by atoms with E-state index in [9.17, 15) is 5.11 Å². The fourth-order valence-corrected chi connectivity index (χ4v) is 1.79. The molecule has 1 aromatic rings. The molecule has 3 nitrogen and oxygen atoms in total. The first-order chi connectivity index (χ1) is 7.54. The Hall–Kier alpha value is -1.06. The van der Waals surface area contributed by atoms with Gasteiger partial charge in [0.1, 0.15) is 11.4 Å². The molecule has 0 saturated carbocycles. The number of likely N-dealkylation sites (N-methyl/N-ethyl adjacent to an activating group) is 1. The van der Waals surface area contributed by atoms with Gasteiger partial charge in [-0.1, -0.05) is 26.0 Å². The third kappa shape index (κ3) is 2.54. The van der Waals surface area contributed by atoms with E-state index >= 15 is 0 Å². The molecular formula is C13H21NO2. The Morgan fingerprint density at radius 2 is 1.88 bits per heavy atom. The third-order valence-corrected chi connectivity index (χ3v) is 2.99. The molecule has 0 amide bonds. The first kappa shape index (κ1) is 13.0. The van der Waals surface area contributed by atoms with Crippen LogP contribution in [-0.4, -0.2) is 25.8 Å². The number of nitrogens with one attached hydrogen (secondary N) is 1. The number of hydrogen-bond acceptors (Lipinski definition) is 3. The fraction of sp³-hybridized carbons (Fsp3) is 0.538. The zero-order chi connectivity index (χ0) is 12.2. The maximum atomic E-state index is 10.6. The van der Waals surface area contributed by atoms with Crippen LogP contribution in [0.5, 0.6) is 5.75 Å². The lowest BCUT2D eigenvalue weighted by Gasteiger charge is -2.32. The third-order valence-electron chi connectivity index (χ3n) is 2.99. The molecule has 0 aliphatic heterocycles. The van der Waals surface area contributed by atoms with Crippen LogP contribution in [0.2, 0.25) is 0 Å². The highest BCUT2D eigenvalue weighted by Crippen LogP contribution is 2.30. The van der Waals surface area contributed by atoms with Crippen LogP contribution in [0.25, 0.3) is 0 Å². The van der Waals surface area contributed by atoms with E-state index in [1.807, 2.05) is 45.2 Å². The summed E-state index contributed by atoms with van der Waals surface area (Å²) in [6.07, 6.45) is 0. The normalized spacial score (nSPS) is 14.9. The number of methoxy groups -OCH3 is 1. The predicted octanol–water partition coefficient (Wildman–Crippen LogP) is 1.76. The van der Waals surface area contributed by atoms with Crippen molar-refractivity contribution in [2.45, 2.75) is 19.4 Å². The predicted molar refractivity (Wildman–Crippen MR) is 65.7 cm³/mol. The lowest BCUT2D eigenvalue weighted by atomic mass is 9.83. The molecule has 1 unspecified atom stereocenters. The van der Waals surface area contributed by atoms with Crippen molar-refractivity contribution in [2.75, 3.05) is 20.7 Å². The highest BCUT2D eigenvalue weighted by molar-refractivity contribution is 5.31. The lowest BCUT2D eigenvalue weighted by molar-refractivity contribution is -0.00759. The lowest BCUT2D eigenvalue weighted by Crippen LogP contribution is -2.41. The van der Waals surface area contributed by atoms with E-state index in [4.69, 9.17) is 4.74 Å². The molecule has 3 heteroatoms. The summed E-state index contributed by atoms with van der Waals surface area (Å²) in [5, 5.41) is 13.7. The van der Waals surface area contributed by atoms with Gasteiger partial charge in [-0.25, -0.2) is 0 Å². The van der Waals surface area contributed by atoms with Gasteiger partial charge in [0.2, 0.25) is 0 Å². The molecule has 0 saturated heterocycles. The summed E-state index contributed by atoms with van der Waals surface area (Å²) in [6.45, 7) is 4.57. The molecule has 0 spiro atoms. The highest BCUT2D eigenvalue weighted by atomic mass is 16.5. The van der Waals surface area contributed by atoms with E-state index in [-0.39, 0.29) is 5.92 Å². The molecular weight excluding hydrogens is 202 g/mol. The molecule has 0 radical (unpaired) electrons. The van der Waals surface area contributed by atoms with Crippen LogP contribution in [0.3, 0.4) is 0 Å². The average Bonchev–Trinajstić information content (AvgIpc) is 2.29. The summed E-state index contributed by atoms with van der Waals surface area (Å²) in [7, 11) is 3.48. The summed E-state index contributed by atoms with van der Waals surface area (Å²) in [5.41, 5.74) is 0.0822. The van der Waals surface area contributed by atoms with Crippen LogP contribution in [-0.2, 0) is 5.60 Å². The van der Waals surface area contributed by atoms with E-state index < -0.39 is 5.60 Å². The fourth-order valence-electron chi connectivity index (χ4n) is 1.79. The van der Waals surface area contributed by atoms with Gasteiger partial charge in [0.05, 0.1) is 7.11 Å². The second-order valence-electron chi connectivity index (χ2n) is 4.34. The van der Waals surface area contributed by atoms with Gasteiger partial charge in [-0.05, 0) is 30.7 Å². The van der Waals surface area contributed by atoms with Crippen molar-refractivity contribution in [2.24, 2.45) is 5.92 Å². The number of rotatable bonds is 5. The summed E-state index contributed by atoms with van der Waals surface area (Å²) in [6, 6.07) is 7.57. The molecule has 16 heavy (non-hydrogen) atoms. The molecule has 90 valence electrons.